The third-order valence-electron chi connectivity index (χ3n) is 2.54. The van der Waals surface area contributed by atoms with E-state index in [1.165, 1.54) is 18.2 Å². The summed E-state index contributed by atoms with van der Waals surface area (Å²) in [5.41, 5.74) is 0. The molecule has 0 atom stereocenters. The largest absolute Gasteiger partial charge is 0.497 e. The molecule has 2 aromatic carbocycles. The van der Waals surface area contributed by atoms with Crippen LogP contribution in [0, 0.1) is 0 Å². The lowest BCUT2D eigenvalue weighted by atomic mass is 10.3. The Labute approximate surface area is 140 Å². The lowest BCUT2D eigenvalue weighted by Crippen LogP contribution is -1.92. The number of rotatable bonds is 4. The van der Waals surface area contributed by atoms with Gasteiger partial charge in [-0.3, -0.25) is 0 Å². The van der Waals surface area contributed by atoms with Gasteiger partial charge < -0.3 is 9.47 Å². The molecule has 0 aliphatic carbocycles. The van der Waals surface area contributed by atoms with Crippen molar-refractivity contribution in [1.29, 1.82) is 0 Å². The highest BCUT2D eigenvalue weighted by molar-refractivity contribution is 9.10. The molecule has 0 amide bonds. The van der Waals surface area contributed by atoms with E-state index in [1.807, 2.05) is 0 Å². The van der Waals surface area contributed by atoms with Crippen molar-refractivity contribution in [3.05, 3.63) is 45.9 Å². The van der Waals surface area contributed by atoms with Gasteiger partial charge >= 0.3 is 0 Å². The highest BCUT2D eigenvalue weighted by Crippen LogP contribution is 2.36. The lowest BCUT2D eigenvalue weighted by Gasteiger charge is -2.11. The first-order valence-electron chi connectivity index (χ1n) is 5.57. The second-order valence-corrected chi connectivity index (χ2v) is 7.76. The molecule has 0 saturated heterocycles. The summed E-state index contributed by atoms with van der Waals surface area (Å²) in [5, 5.41) is 0.138. The number of hydrogen-bond acceptors (Lipinski definition) is 4. The summed E-state index contributed by atoms with van der Waals surface area (Å²) in [6, 6.07) is 9.16. The summed E-state index contributed by atoms with van der Waals surface area (Å²) in [6.07, 6.45) is 0. The molecule has 0 aromatic heterocycles. The molecule has 0 aliphatic heterocycles. The van der Waals surface area contributed by atoms with Crippen molar-refractivity contribution in [3.63, 3.8) is 0 Å². The minimum atomic E-state index is -3.83. The molecule has 0 fully saturated rings. The van der Waals surface area contributed by atoms with E-state index in [9.17, 15) is 8.42 Å². The standard InChI is InChI=1S/C13H9BrCl2O4S/c1-19-8-2-4-12(10(14)6-8)20-13-5-3-9(7-11(13)15)21(16,17)18/h2-7H,1H3. The van der Waals surface area contributed by atoms with E-state index >= 15 is 0 Å². The first-order chi connectivity index (χ1) is 9.81. The smallest absolute Gasteiger partial charge is 0.261 e. The Kier molecular flexibility index (Phi) is 5.03. The number of hydrogen-bond donors (Lipinski definition) is 0. The molecule has 8 heteroatoms. The Hall–Kier alpha value is -0.950. The van der Waals surface area contributed by atoms with Crippen molar-refractivity contribution in [2.45, 2.75) is 4.90 Å². The maximum Gasteiger partial charge on any atom is 0.261 e. The van der Waals surface area contributed by atoms with Crippen molar-refractivity contribution in [2.75, 3.05) is 7.11 Å². The fourth-order valence-electron chi connectivity index (χ4n) is 1.53. The monoisotopic (exact) mass is 410 g/mol. The summed E-state index contributed by atoms with van der Waals surface area (Å²) >= 11 is 9.36. The average Bonchev–Trinajstić information content (AvgIpc) is 2.41. The van der Waals surface area contributed by atoms with E-state index < -0.39 is 9.05 Å². The third-order valence-corrected chi connectivity index (χ3v) is 4.81. The van der Waals surface area contributed by atoms with Gasteiger partial charge in [0.05, 0.1) is 21.5 Å². The zero-order valence-electron chi connectivity index (χ0n) is 10.6. The van der Waals surface area contributed by atoms with E-state index in [0.29, 0.717) is 21.7 Å². The average molecular weight is 412 g/mol. The van der Waals surface area contributed by atoms with Crippen LogP contribution in [0.5, 0.6) is 17.2 Å². The molecule has 0 spiro atoms. The molecule has 0 radical (unpaired) electrons. The molecule has 4 nitrogen and oxygen atoms in total. The second-order valence-electron chi connectivity index (χ2n) is 3.93. The lowest BCUT2D eigenvalue weighted by molar-refractivity contribution is 0.412. The van der Waals surface area contributed by atoms with E-state index in [4.69, 9.17) is 31.8 Å². The Bertz CT molecular complexity index is 778. The van der Waals surface area contributed by atoms with Crippen LogP contribution in [0.4, 0.5) is 0 Å². The van der Waals surface area contributed by atoms with Gasteiger partial charge in [0, 0.05) is 10.7 Å². The molecule has 0 saturated carbocycles. The Morgan fingerprint density at radius 3 is 2.29 bits per heavy atom. The summed E-state index contributed by atoms with van der Waals surface area (Å²) < 4.78 is 33.8. The van der Waals surface area contributed by atoms with Crippen molar-refractivity contribution < 1.29 is 17.9 Å². The van der Waals surface area contributed by atoms with Crippen LogP contribution < -0.4 is 9.47 Å². The SMILES string of the molecule is COc1ccc(Oc2ccc(S(=O)(=O)Cl)cc2Cl)c(Br)c1. The molecule has 2 rings (SSSR count). The molecule has 0 aliphatic rings. The zero-order chi connectivity index (χ0) is 15.6. The predicted octanol–water partition coefficient (Wildman–Crippen LogP) is 4.83. The summed E-state index contributed by atoms with van der Waals surface area (Å²) in [7, 11) is 2.99. The van der Waals surface area contributed by atoms with Gasteiger partial charge in [-0.25, -0.2) is 8.42 Å². The molecular weight excluding hydrogens is 403 g/mol. The number of methoxy groups -OCH3 is 1. The van der Waals surface area contributed by atoms with Gasteiger partial charge in [-0.2, -0.15) is 0 Å². The first-order valence-corrected chi connectivity index (χ1v) is 9.05. The summed E-state index contributed by atoms with van der Waals surface area (Å²) in [6.45, 7) is 0. The van der Waals surface area contributed by atoms with Gasteiger partial charge in [-0.15, -0.1) is 0 Å². The zero-order valence-corrected chi connectivity index (χ0v) is 14.6. The van der Waals surface area contributed by atoms with Crippen LogP contribution in [0.15, 0.2) is 45.8 Å². The summed E-state index contributed by atoms with van der Waals surface area (Å²) in [4.78, 5) is -0.0877. The number of halogens is 3. The molecule has 0 unspecified atom stereocenters. The predicted molar refractivity (Wildman–Crippen MR) is 85.3 cm³/mol. The van der Waals surface area contributed by atoms with Crippen LogP contribution in [0.3, 0.4) is 0 Å². The quantitative estimate of drug-likeness (QED) is 0.676. The van der Waals surface area contributed by atoms with Crippen molar-refractivity contribution in [3.8, 4) is 17.2 Å². The Morgan fingerprint density at radius 2 is 1.76 bits per heavy atom. The van der Waals surface area contributed by atoms with Gasteiger partial charge in [-0.1, -0.05) is 11.6 Å². The first kappa shape index (κ1) is 16.4. The molecule has 2 aromatic rings. The van der Waals surface area contributed by atoms with E-state index in [1.54, 1.807) is 25.3 Å². The number of ether oxygens (including phenoxy) is 2. The molecule has 0 bridgehead atoms. The molecule has 21 heavy (non-hydrogen) atoms. The maximum absolute atomic E-state index is 11.2. The van der Waals surface area contributed by atoms with Crippen LogP contribution >= 0.6 is 38.2 Å². The fraction of sp³-hybridized carbons (Fsp3) is 0.0769. The van der Waals surface area contributed by atoms with E-state index in [-0.39, 0.29) is 9.92 Å². The normalized spacial score (nSPS) is 11.2. The number of benzene rings is 2. The Balaban J connectivity index is 2.32. The second kappa shape index (κ2) is 6.44. The van der Waals surface area contributed by atoms with Gasteiger partial charge in [0.25, 0.3) is 9.05 Å². The van der Waals surface area contributed by atoms with Crippen LogP contribution in [0.1, 0.15) is 0 Å². The molecular formula is C13H9BrCl2O4S. The molecule has 0 N–H and O–H groups in total. The van der Waals surface area contributed by atoms with Crippen molar-refractivity contribution >= 4 is 47.3 Å². The topological polar surface area (TPSA) is 52.6 Å². The van der Waals surface area contributed by atoms with Crippen LogP contribution in [0.25, 0.3) is 0 Å². The highest BCUT2D eigenvalue weighted by Gasteiger charge is 2.14. The van der Waals surface area contributed by atoms with Gasteiger partial charge in [0.1, 0.15) is 17.2 Å². The van der Waals surface area contributed by atoms with E-state index in [0.717, 1.165) is 0 Å². The molecule has 112 valence electrons. The third kappa shape index (κ3) is 4.03. The van der Waals surface area contributed by atoms with E-state index in [2.05, 4.69) is 15.9 Å². The van der Waals surface area contributed by atoms with Crippen LogP contribution in [0.2, 0.25) is 5.02 Å². The minimum absolute atomic E-state index is 0.0877. The highest BCUT2D eigenvalue weighted by atomic mass is 79.9. The fourth-order valence-corrected chi connectivity index (χ4v) is 3.03. The van der Waals surface area contributed by atoms with Crippen molar-refractivity contribution in [2.24, 2.45) is 0 Å². The van der Waals surface area contributed by atoms with Crippen molar-refractivity contribution in [1.82, 2.24) is 0 Å². The van der Waals surface area contributed by atoms with Gasteiger partial charge in [0.2, 0.25) is 0 Å². The van der Waals surface area contributed by atoms with Crippen LogP contribution in [-0.4, -0.2) is 15.5 Å². The Morgan fingerprint density at radius 1 is 1.10 bits per heavy atom. The minimum Gasteiger partial charge on any atom is -0.497 e. The van der Waals surface area contributed by atoms with Gasteiger partial charge in [-0.05, 0) is 52.3 Å². The maximum atomic E-state index is 11.2. The van der Waals surface area contributed by atoms with Crippen LogP contribution in [-0.2, 0) is 9.05 Å². The van der Waals surface area contributed by atoms with Gasteiger partial charge in [0.15, 0.2) is 0 Å². The summed E-state index contributed by atoms with van der Waals surface area (Å²) in [5.74, 6) is 1.50. The molecule has 0 heterocycles.